The van der Waals surface area contributed by atoms with Crippen molar-refractivity contribution in [2.75, 3.05) is 25.5 Å². The van der Waals surface area contributed by atoms with Crippen molar-refractivity contribution in [1.82, 2.24) is 14.5 Å². The van der Waals surface area contributed by atoms with E-state index in [2.05, 4.69) is 5.32 Å². The number of aliphatic hydroxyl groups is 1. The zero-order valence-electron chi connectivity index (χ0n) is 19.4. The summed E-state index contributed by atoms with van der Waals surface area (Å²) in [5.41, 5.74) is -2.39. The fourth-order valence-electron chi connectivity index (χ4n) is 3.48. The Labute approximate surface area is 208 Å². The number of alkyl halides is 3. The molecule has 0 radical (unpaired) electrons. The molecule has 194 valence electrons. The third-order valence-corrected chi connectivity index (χ3v) is 5.68. The minimum Gasteiger partial charge on any atom is -0.407 e. The highest BCUT2D eigenvalue weighted by Crippen LogP contribution is 2.43. The lowest BCUT2D eigenvalue weighted by Crippen LogP contribution is -2.33. The molecule has 0 spiro atoms. The number of amides is 1. The number of aryl methyl sites for hydroxylation is 1. The van der Waals surface area contributed by atoms with E-state index < -0.39 is 46.2 Å². The summed E-state index contributed by atoms with van der Waals surface area (Å²) in [5.74, 6) is -0.903. The molecule has 1 unspecified atom stereocenters. The number of carbonyl (C=O) groups is 1. The first-order valence-electron chi connectivity index (χ1n) is 10.6. The number of ether oxygens (including phenoxy) is 1. The smallest absolute Gasteiger partial charge is 0.407 e. The SMILES string of the molecule is CNCC(O)Cn1ccn(-c2c(Cl)c(C(F)(F)F)cc(C)c2OC(=O)N(C)c2ccc(F)cc2)c1=O. The van der Waals surface area contributed by atoms with Gasteiger partial charge in [-0.2, -0.15) is 13.2 Å². The first kappa shape index (κ1) is 27.2. The van der Waals surface area contributed by atoms with Crippen LogP contribution in [0.3, 0.4) is 0 Å². The van der Waals surface area contributed by atoms with E-state index in [0.717, 1.165) is 32.4 Å². The zero-order valence-corrected chi connectivity index (χ0v) is 20.2. The Kier molecular flexibility index (Phi) is 8.12. The molecule has 0 aliphatic carbocycles. The van der Waals surface area contributed by atoms with Crippen LogP contribution in [0.5, 0.6) is 5.75 Å². The largest absolute Gasteiger partial charge is 0.419 e. The molecule has 3 rings (SSSR count). The second-order valence-corrected chi connectivity index (χ2v) is 8.33. The Morgan fingerprint density at radius 1 is 1.25 bits per heavy atom. The lowest BCUT2D eigenvalue weighted by Gasteiger charge is -2.22. The highest BCUT2D eigenvalue weighted by Gasteiger charge is 2.37. The van der Waals surface area contributed by atoms with Gasteiger partial charge >= 0.3 is 18.0 Å². The Balaban J connectivity index is 2.11. The van der Waals surface area contributed by atoms with Crippen LogP contribution >= 0.6 is 11.6 Å². The standard InChI is InChI=1S/C23H23ClF4N4O4/c1-13-10-17(23(26,27)28)18(24)19(32-9-8-31(21(32)34)12-16(33)11-29-2)20(13)36-22(35)30(3)15-6-4-14(25)5-7-15/h4-10,16,29,33H,11-12H2,1-3H3. The molecule has 1 heterocycles. The first-order chi connectivity index (χ1) is 16.8. The molecule has 8 nitrogen and oxygen atoms in total. The van der Waals surface area contributed by atoms with E-state index in [1.807, 2.05) is 0 Å². The number of likely N-dealkylation sites (N-methyl/N-ethyl adjacent to an activating group) is 1. The summed E-state index contributed by atoms with van der Waals surface area (Å²) in [7, 11) is 2.92. The van der Waals surface area contributed by atoms with E-state index in [-0.39, 0.29) is 30.1 Å². The van der Waals surface area contributed by atoms with Crippen LogP contribution in [0.15, 0.2) is 47.5 Å². The van der Waals surface area contributed by atoms with Gasteiger partial charge in [0, 0.05) is 31.7 Å². The highest BCUT2D eigenvalue weighted by atomic mass is 35.5. The monoisotopic (exact) mass is 530 g/mol. The number of benzene rings is 2. The summed E-state index contributed by atoms with van der Waals surface area (Å²) in [5, 5.41) is 11.9. The van der Waals surface area contributed by atoms with Gasteiger partial charge in [0.1, 0.15) is 11.5 Å². The molecule has 13 heteroatoms. The van der Waals surface area contributed by atoms with E-state index in [1.54, 1.807) is 7.05 Å². The van der Waals surface area contributed by atoms with Gasteiger partial charge in [-0.05, 0) is 49.9 Å². The van der Waals surface area contributed by atoms with E-state index in [9.17, 15) is 32.3 Å². The summed E-state index contributed by atoms with van der Waals surface area (Å²) in [6.45, 7) is 1.29. The maximum Gasteiger partial charge on any atom is 0.419 e. The number of hydrogen-bond donors (Lipinski definition) is 2. The molecule has 0 fully saturated rings. The molecule has 36 heavy (non-hydrogen) atoms. The molecule has 1 atom stereocenters. The van der Waals surface area contributed by atoms with Gasteiger partial charge in [0.2, 0.25) is 0 Å². The summed E-state index contributed by atoms with van der Waals surface area (Å²) < 4.78 is 61.7. The van der Waals surface area contributed by atoms with Crippen LogP contribution in [0.2, 0.25) is 5.02 Å². The average molecular weight is 531 g/mol. The minimum absolute atomic E-state index is 0.113. The molecule has 1 amide bonds. The number of aliphatic hydroxyl groups excluding tert-OH is 1. The molecular weight excluding hydrogens is 508 g/mol. The summed E-state index contributed by atoms with van der Waals surface area (Å²) in [6.07, 6.45) is -4.40. The molecule has 1 aromatic heterocycles. The van der Waals surface area contributed by atoms with Gasteiger partial charge < -0.3 is 15.2 Å². The number of imidazole rings is 1. The zero-order chi connectivity index (χ0) is 26.8. The van der Waals surface area contributed by atoms with Gasteiger partial charge in [-0.3, -0.25) is 14.0 Å². The minimum atomic E-state index is -4.86. The fraction of sp³-hybridized carbons (Fsp3) is 0.304. The molecule has 0 saturated heterocycles. The Morgan fingerprint density at radius 3 is 2.47 bits per heavy atom. The molecule has 0 aliphatic heterocycles. The number of hydrogen-bond acceptors (Lipinski definition) is 5. The number of anilines is 1. The van der Waals surface area contributed by atoms with E-state index in [0.29, 0.717) is 6.07 Å². The highest BCUT2D eigenvalue weighted by molar-refractivity contribution is 6.33. The van der Waals surface area contributed by atoms with Gasteiger partial charge in [-0.25, -0.2) is 14.0 Å². The van der Waals surface area contributed by atoms with Crippen molar-refractivity contribution in [3.8, 4) is 11.4 Å². The van der Waals surface area contributed by atoms with Crippen LogP contribution in [0.1, 0.15) is 11.1 Å². The molecule has 2 N–H and O–H groups in total. The van der Waals surface area contributed by atoms with E-state index in [1.165, 1.54) is 32.3 Å². The topological polar surface area (TPSA) is 88.7 Å². The third-order valence-electron chi connectivity index (χ3n) is 5.30. The molecule has 0 saturated carbocycles. The van der Waals surface area contributed by atoms with Crippen molar-refractivity contribution in [2.24, 2.45) is 0 Å². The van der Waals surface area contributed by atoms with Crippen LogP contribution in [0.25, 0.3) is 5.69 Å². The average Bonchev–Trinajstić information content (AvgIpc) is 3.15. The van der Waals surface area contributed by atoms with Gasteiger partial charge in [-0.1, -0.05) is 11.6 Å². The van der Waals surface area contributed by atoms with Crippen LogP contribution in [-0.2, 0) is 12.7 Å². The van der Waals surface area contributed by atoms with Crippen molar-refractivity contribution in [3.63, 3.8) is 0 Å². The predicted molar refractivity (Wildman–Crippen MR) is 126 cm³/mol. The number of halogens is 5. The van der Waals surface area contributed by atoms with Crippen LogP contribution in [0.4, 0.5) is 28.0 Å². The van der Waals surface area contributed by atoms with Crippen LogP contribution < -0.4 is 20.6 Å². The lowest BCUT2D eigenvalue weighted by molar-refractivity contribution is -0.137. The number of nitrogens with zero attached hydrogens (tertiary/aromatic N) is 3. The number of rotatable bonds is 7. The molecular formula is C23H23ClF4N4O4. The van der Waals surface area contributed by atoms with E-state index >= 15 is 0 Å². The lowest BCUT2D eigenvalue weighted by atomic mass is 10.1. The number of nitrogens with one attached hydrogen (secondary N) is 1. The van der Waals surface area contributed by atoms with Crippen molar-refractivity contribution in [3.05, 3.63) is 75.2 Å². The van der Waals surface area contributed by atoms with Crippen LogP contribution in [-0.4, -0.2) is 47.1 Å². The molecule has 0 bridgehead atoms. The quantitative estimate of drug-likeness (QED) is 0.451. The van der Waals surface area contributed by atoms with Gasteiger partial charge in [0.25, 0.3) is 0 Å². The van der Waals surface area contributed by atoms with Gasteiger partial charge in [0.15, 0.2) is 5.75 Å². The predicted octanol–water partition coefficient (Wildman–Crippen LogP) is 3.97. The van der Waals surface area contributed by atoms with Crippen molar-refractivity contribution >= 4 is 23.4 Å². The Morgan fingerprint density at radius 2 is 1.89 bits per heavy atom. The number of carbonyl (C=O) groups excluding carboxylic acids is 1. The third kappa shape index (κ3) is 5.72. The molecule has 3 aromatic rings. The maximum atomic E-state index is 13.7. The number of aromatic nitrogens is 2. The van der Waals surface area contributed by atoms with Crippen molar-refractivity contribution in [2.45, 2.75) is 25.7 Å². The second-order valence-electron chi connectivity index (χ2n) is 7.95. The van der Waals surface area contributed by atoms with Gasteiger partial charge in [-0.15, -0.1) is 0 Å². The van der Waals surface area contributed by atoms with Crippen molar-refractivity contribution in [1.29, 1.82) is 0 Å². The normalized spacial score (nSPS) is 12.5. The van der Waals surface area contributed by atoms with E-state index in [4.69, 9.17) is 16.3 Å². The Hall–Kier alpha value is -3.35. The molecule has 2 aromatic carbocycles. The maximum absolute atomic E-state index is 13.7. The van der Waals surface area contributed by atoms with Crippen LogP contribution in [0, 0.1) is 12.7 Å². The fourth-order valence-corrected chi connectivity index (χ4v) is 3.82. The first-order valence-corrected chi connectivity index (χ1v) is 10.9. The summed E-state index contributed by atoms with van der Waals surface area (Å²) in [6, 6.07) is 5.58. The summed E-state index contributed by atoms with van der Waals surface area (Å²) >= 11 is 6.14. The Bertz CT molecular complexity index is 1310. The second kappa shape index (κ2) is 10.7. The molecule has 0 aliphatic rings. The van der Waals surface area contributed by atoms with Gasteiger partial charge in [0.05, 0.1) is 23.2 Å². The van der Waals surface area contributed by atoms with Crippen molar-refractivity contribution < 1.29 is 32.2 Å². The summed E-state index contributed by atoms with van der Waals surface area (Å²) in [4.78, 5) is 26.9.